The smallest absolute Gasteiger partial charge is 0.143 e. The molecule has 0 atom stereocenters. The summed E-state index contributed by atoms with van der Waals surface area (Å²) in [7, 11) is 0. The average molecular weight is 231 g/mol. The van der Waals surface area contributed by atoms with Crippen LogP contribution in [0.15, 0.2) is 42.9 Å². The van der Waals surface area contributed by atoms with E-state index >= 15 is 0 Å². The molecular weight excluding hydrogens is 224 g/mol. The van der Waals surface area contributed by atoms with Crippen molar-refractivity contribution in [2.24, 2.45) is 0 Å². The summed E-state index contributed by atoms with van der Waals surface area (Å²) in [5, 5.41) is 4.75. The molecule has 3 rings (SSSR count). The molecule has 0 amide bonds. The summed E-state index contributed by atoms with van der Waals surface area (Å²) in [5.74, 6) is -0.761. The third kappa shape index (κ3) is 1.65. The standard InChI is InChI=1S/C12H7F2N3/c13-9-1-2-12-8(3-9)5-16-17(12)11-4-10(14)6-15-7-11/h1-7H. The summed E-state index contributed by atoms with van der Waals surface area (Å²) in [4.78, 5) is 3.75. The first-order valence-electron chi connectivity index (χ1n) is 4.98. The van der Waals surface area contributed by atoms with Crippen LogP contribution in [0.3, 0.4) is 0 Å². The lowest BCUT2D eigenvalue weighted by Gasteiger charge is -2.02. The van der Waals surface area contributed by atoms with Crippen molar-refractivity contribution in [1.29, 1.82) is 0 Å². The predicted octanol–water partition coefficient (Wildman–Crippen LogP) is 2.70. The van der Waals surface area contributed by atoms with E-state index in [4.69, 9.17) is 0 Å². The van der Waals surface area contributed by atoms with E-state index in [1.165, 1.54) is 35.3 Å². The Morgan fingerprint density at radius 2 is 1.82 bits per heavy atom. The molecule has 0 saturated carbocycles. The van der Waals surface area contributed by atoms with E-state index in [9.17, 15) is 8.78 Å². The van der Waals surface area contributed by atoms with Gasteiger partial charge < -0.3 is 0 Å². The second kappa shape index (κ2) is 3.62. The highest BCUT2D eigenvalue weighted by Gasteiger charge is 2.06. The molecule has 3 nitrogen and oxygen atoms in total. The van der Waals surface area contributed by atoms with Crippen molar-refractivity contribution in [1.82, 2.24) is 14.8 Å². The van der Waals surface area contributed by atoms with Gasteiger partial charge in [0.15, 0.2) is 0 Å². The number of fused-ring (bicyclic) bond motifs is 1. The van der Waals surface area contributed by atoms with Crippen molar-refractivity contribution in [3.05, 3.63) is 54.5 Å². The molecule has 0 aliphatic heterocycles. The first-order chi connectivity index (χ1) is 8.24. The molecule has 0 bridgehead atoms. The fraction of sp³-hybridized carbons (Fsp3) is 0. The quantitative estimate of drug-likeness (QED) is 0.644. The Kier molecular flexibility index (Phi) is 2.11. The molecule has 0 radical (unpaired) electrons. The number of aromatic nitrogens is 3. The van der Waals surface area contributed by atoms with Gasteiger partial charge in [0.05, 0.1) is 29.8 Å². The van der Waals surface area contributed by atoms with Gasteiger partial charge >= 0.3 is 0 Å². The summed E-state index contributed by atoms with van der Waals surface area (Å²) in [6.07, 6.45) is 4.15. The van der Waals surface area contributed by atoms with Crippen LogP contribution in [0.1, 0.15) is 0 Å². The largest absolute Gasteiger partial charge is 0.259 e. The number of halogens is 2. The predicted molar refractivity (Wildman–Crippen MR) is 58.8 cm³/mol. The maximum atomic E-state index is 13.1. The summed E-state index contributed by atoms with van der Waals surface area (Å²) in [5.41, 5.74) is 1.21. The number of rotatable bonds is 1. The van der Waals surface area contributed by atoms with Crippen molar-refractivity contribution in [2.75, 3.05) is 0 Å². The van der Waals surface area contributed by atoms with Crippen LogP contribution in [-0.2, 0) is 0 Å². The Balaban J connectivity index is 2.24. The SMILES string of the molecule is Fc1cncc(-n2ncc3cc(F)ccc32)c1. The van der Waals surface area contributed by atoms with E-state index in [0.717, 1.165) is 6.20 Å². The van der Waals surface area contributed by atoms with Crippen molar-refractivity contribution in [3.63, 3.8) is 0 Å². The molecule has 2 aromatic heterocycles. The van der Waals surface area contributed by atoms with Crippen LogP contribution >= 0.6 is 0 Å². The number of nitrogens with zero attached hydrogens (tertiary/aromatic N) is 3. The molecule has 0 saturated heterocycles. The molecule has 2 heterocycles. The number of pyridine rings is 1. The van der Waals surface area contributed by atoms with E-state index < -0.39 is 5.82 Å². The summed E-state index contributed by atoms with van der Waals surface area (Å²) >= 11 is 0. The lowest BCUT2D eigenvalue weighted by molar-refractivity contribution is 0.619. The van der Waals surface area contributed by atoms with E-state index in [0.29, 0.717) is 16.6 Å². The average Bonchev–Trinajstić information content (AvgIpc) is 2.71. The van der Waals surface area contributed by atoms with Gasteiger partial charge in [0, 0.05) is 11.5 Å². The first kappa shape index (κ1) is 9.89. The van der Waals surface area contributed by atoms with Gasteiger partial charge in [-0.1, -0.05) is 0 Å². The molecule has 1 aromatic carbocycles. The minimum absolute atomic E-state index is 0.325. The highest BCUT2D eigenvalue weighted by molar-refractivity contribution is 5.80. The van der Waals surface area contributed by atoms with Crippen LogP contribution in [-0.4, -0.2) is 14.8 Å². The van der Waals surface area contributed by atoms with Gasteiger partial charge in [-0.2, -0.15) is 5.10 Å². The molecule has 0 unspecified atom stereocenters. The minimum atomic E-state index is -0.437. The Morgan fingerprint density at radius 3 is 2.65 bits per heavy atom. The maximum absolute atomic E-state index is 13.1. The monoisotopic (exact) mass is 231 g/mol. The minimum Gasteiger partial charge on any atom is -0.259 e. The number of benzene rings is 1. The molecule has 0 aliphatic carbocycles. The molecule has 3 aromatic rings. The molecule has 17 heavy (non-hydrogen) atoms. The molecule has 0 N–H and O–H groups in total. The summed E-state index contributed by atoms with van der Waals surface area (Å²) in [6.45, 7) is 0. The van der Waals surface area contributed by atoms with Gasteiger partial charge in [-0.15, -0.1) is 0 Å². The Labute approximate surface area is 95.3 Å². The van der Waals surface area contributed by atoms with Crippen molar-refractivity contribution in [3.8, 4) is 5.69 Å². The van der Waals surface area contributed by atoms with Crippen LogP contribution < -0.4 is 0 Å². The fourth-order valence-electron chi connectivity index (χ4n) is 1.73. The molecule has 0 aliphatic rings. The zero-order chi connectivity index (χ0) is 11.8. The number of hydrogen-bond acceptors (Lipinski definition) is 2. The molecule has 0 fully saturated rings. The van der Waals surface area contributed by atoms with Gasteiger partial charge in [0.25, 0.3) is 0 Å². The molecule has 5 heteroatoms. The van der Waals surface area contributed by atoms with Crippen LogP contribution in [0, 0.1) is 11.6 Å². The van der Waals surface area contributed by atoms with E-state index in [1.807, 2.05) is 0 Å². The Hall–Kier alpha value is -2.30. The first-order valence-corrected chi connectivity index (χ1v) is 4.98. The normalized spacial score (nSPS) is 10.9. The number of hydrogen-bond donors (Lipinski definition) is 0. The second-order valence-electron chi connectivity index (χ2n) is 3.62. The van der Waals surface area contributed by atoms with Crippen molar-refractivity contribution in [2.45, 2.75) is 0 Å². The summed E-state index contributed by atoms with van der Waals surface area (Å²) in [6, 6.07) is 5.64. The van der Waals surface area contributed by atoms with Crippen molar-refractivity contribution >= 4 is 10.9 Å². The van der Waals surface area contributed by atoms with Gasteiger partial charge in [-0.05, 0) is 18.2 Å². The molecule has 84 valence electrons. The topological polar surface area (TPSA) is 30.7 Å². The van der Waals surface area contributed by atoms with Gasteiger partial charge in [0.1, 0.15) is 11.6 Å². The summed E-state index contributed by atoms with van der Waals surface area (Å²) < 4.78 is 27.6. The maximum Gasteiger partial charge on any atom is 0.143 e. The molecular formula is C12H7F2N3. The Morgan fingerprint density at radius 1 is 0.941 bits per heavy atom. The highest BCUT2D eigenvalue weighted by atomic mass is 19.1. The third-order valence-electron chi connectivity index (χ3n) is 2.47. The van der Waals surface area contributed by atoms with Gasteiger partial charge in [-0.3, -0.25) is 4.98 Å². The zero-order valence-corrected chi connectivity index (χ0v) is 8.64. The Bertz CT molecular complexity index is 691. The highest BCUT2D eigenvalue weighted by Crippen LogP contribution is 2.18. The lowest BCUT2D eigenvalue weighted by atomic mass is 10.2. The molecule has 0 spiro atoms. The van der Waals surface area contributed by atoms with Crippen LogP contribution in [0.4, 0.5) is 8.78 Å². The lowest BCUT2D eigenvalue weighted by Crippen LogP contribution is -1.97. The van der Waals surface area contributed by atoms with Crippen LogP contribution in [0.2, 0.25) is 0 Å². The van der Waals surface area contributed by atoms with Crippen LogP contribution in [0.25, 0.3) is 16.6 Å². The third-order valence-corrected chi connectivity index (χ3v) is 2.47. The van der Waals surface area contributed by atoms with Gasteiger partial charge in [0.2, 0.25) is 0 Å². The van der Waals surface area contributed by atoms with Crippen molar-refractivity contribution < 1.29 is 8.78 Å². The fourth-order valence-corrected chi connectivity index (χ4v) is 1.73. The van der Waals surface area contributed by atoms with E-state index in [2.05, 4.69) is 10.1 Å². The second-order valence-corrected chi connectivity index (χ2v) is 3.62. The zero-order valence-electron chi connectivity index (χ0n) is 8.64. The van der Waals surface area contributed by atoms with E-state index in [-0.39, 0.29) is 5.82 Å². The van der Waals surface area contributed by atoms with E-state index in [1.54, 1.807) is 6.07 Å². The van der Waals surface area contributed by atoms with Gasteiger partial charge in [-0.25, -0.2) is 13.5 Å². The van der Waals surface area contributed by atoms with Crippen LogP contribution in [0.5, 0.6) is 0 Å².